The maximum Gasteiger partial charge on any atom is 0.337 e. The van der Waals surface area contributed by atoms with Crippen molar-refractivity contribution >= 4 is 34.2 Å². The molecule has 5 aromatic rings. The average Bonchev–Trinajstić information content (AvgIpc) is 3.45. The van der Waals surface area contributed by atoms with E-state index >= 15 is 0 Å². The Morgan fingerprint density at radius 3 is 2.46 bits per heavy atom. The second kappa shape index (κ2) is 15.3. The zero-order chi connectivity index (χ0) is 35.2. The van der Waals surface area contributed by atoms with Gasteiger partial charge in [-0.1, -0.05) is 65.9 Å². The first-order valence-corrected chi connectivity index (χ1v) is 17.1. The van der Waals surface area contributed by atoms with Crippen LogP contribution in [0.4, 0.5) is 0 Å². The van der Waals surface area contributed by atoms with E-state index in [9.17, 15) is 9.59 Å². The van der Waals surface area contributed by atoms with E-state index in [0.717, 1.165) is 27.5 Å². The Kier molecular flexibility index (Phi) is 10.5. The molecule has 0 saturated carbocycles. The van der Waals surface area contributed by atoms with Gasteiger partial charge in [0.25, 0.3) is 5.56 Å². The van der Waals surface area contributed by atoms with Crippen molar-refractivity contribution in [2.24, 2.45) is 4.99 Å². The van der Waals surface area contributed by atoms with Gasteiger partial charge < -0.3 is 23.7 Å². The van der Waals surface area contributed by atoms with Crippen molar-refractivity contribution in [1.29, 1.82) is 0 Å². The Morgan fingerprint density at radius 1 is 0.920 bits per heavy atom. The lowest BCUT2D eigenvalue weighted by Gasteiger charge is -2.23. The van der Waals surface area contributed by atoms with Crippen LogP contribution in [0, 0.1) is 0 Å². The molecule has 0 amide bonds. The molecular weight excluding hydrogens is 653 g/mol. The van der Waals surface area contributed by atoms with Gasteiger partial charge in [-0.25, -0.2) is 9.79 Å². The molecule has 0 bridgehead atoms. The van der Waals surface area contributed by atoms with Gasteiger partial charge >= 0.3 is 5.97 Å². The zero-order valence-corrected chi connectivity index (χ0v) is 29.3. The number of methoxy groups -OCH3 is 2. The predicted molar refractivity (Wildman–Crippen MR) is 195 cm³/mol. The van der Waals surface area contributed by atoms with Crippen LogP contribution in [-0.4, -0.2) is 38.0 Å². The zero-order valence-electron chi connectivity index (χ0n) is 28.4. The van der Waals surface area contributed by atoms with Crippen LogP contribution >= 0.6 is 11.3 Å². The number of thiazole rings is 1. The first-order chi connectivity index (χ1) is 24.4. The van der Waals surface area contributed by atoms with E-state index in [2.05, 4.69) is 35.8 Å². The maximum atomic E-state index is 14.2. The maximum absolute atomic E-state index is 14.2. The van der Waals surface area contributed by atoms with E-state index in [1.165, 1.54) is 29.2 Å². The van der Waals surface area contributed by atoms with Gasteiger partial charge in [-0.2, -0.15) is 0 Å². The molecule has 2 heterocycles. The highest BCUT2D eigenvalue weighted by molar-refractivity contribution is 7.07. The molecule has 4 aromatic carbocycles. The van der Waals surface area contributed by atoms with Gasteiger partial charge in [0.15, 0.2) is 27.8 Å². The van der Waals surface area contributed by atoms with Gasteiger partial charge in [-0.3, -0.25) is 9.36 Å². The standard InChI is InChI=1S/C40H38N2O7S/c1-6-12-28-19-25(20-34(45-4)37(28)49-24-29-15-11-14-26-13-9-10-16-30(26)29)21-35-38(43)42-36(31(39(44)46-5)23-41-40(42)50-35)27-17-18-32(47-7-2)33(22-27)48-8-3/h6,9-11,13-23,36H,1,7-8,12,24H2,2-5H3/b35-21-/t36-/m1/s1. The van der Waals surface area contributed by atoms with E-state index in [-0.39, 0.29) is 11.1 Å². The van der Waals surface area contributed by atoms with Gasteiger partial charge in [-0.15, -0.1) is 6.58 Å². The lowest BCUT2D eigenvalue weighted by molar-refractivity contribution is -0.136. The second-order valence-electron chi connectivity index (χ2n) is 11.4. The van der Waals surface area contributed by atoms with Crippen LogP contribution in [0.3, 0.4) is 0 Å². The van der Waals surface area contributed by atoms with Crippen molar-refractivity contribution in [2.75, 3.05) is 27.4 Å². The lowest BCUT2D eigenvalue weighted by Crippen LogP contribution is -2.39. The first-order valence-electron chi connectivity index (χ1n) is 16.3. The Hall–Kier alpha value is -5.61. The number of esters is 1. The predicted octanol–water partition coefficient (Wildman–Crippen LogP) is 6.28. The molecule has 0 aliphatic carbocycles. The molecule has 0 spiro atoms. The molecule has 0 saturated heterocycles. The summed E-state index contributed by atoms with van der Waals surface area (Å²) in [6, 6.07) is 22.8. The van der Waals surface area contributed by atoms with Crippen molar-refractivity contribution in [1.82, 2.24) is 4.57 Å². The minimum absolute atomic E-state index is 0.223. The Labute approximate surface area is 294 Å². The fourth-order valence-corrected chi connectivity index (χ4v) is 7.07. The van der Waals surface area contributed by atoms with Crippen LogP contribution < -0.4 is 33.8 Å². The highest BCUT2D eigenvalue weighted by Gasteiger charge is 2.31. The summed E-state index contributed by atoms with van der Waals surface area (Å²) in [5, 5.41) is 2.26. The van der Waals surface area contributed by atoms with Gasteiger partial charge in [0.2, 0.25) is 0 Å². The minimum atomic E-state index is -0.800. The Morgan fingerprint density at radius 2 is 1.70 bits per heavy atom. The molecule has 6 rings (SSSR count). The molecule has 0 unspecified atom stereocenters. The highest BCUT2D eigenvalue weighted by atomic mass is 32.1. The first kappa shape index (κ1) is 34.3. The second-order valence-corrected chi connectivity index (χ2v) is 12.4. The summed E-state index contributed by atoms with van der Waals surface area (Å²) in [5.74, 6) is 1.65. The number of hydrogen-bond acceptors (Lipinski definition) is 9. The van der Waals surface area contributed by atoms with Crippen LogP contribution in [0.2, 0.25) is 0 Å². The average molecular weight is 691 g/mol. The summed E-state index contributed by atoms with van der Waals surface area (Å²) in [6.07, 6.45) is 5.59. The molecule has 10 heteroatoms. The Bertz CT molecular complexity index is 2280. The van der Waals surface area contributed by atoms with Crippen molar-refractivity contribution in [3.63, 3.8) is 0 Å². The summed E-state index contributed by atoms with van der Waals surface area (Å²) in [4.78, 5) is 32.2. The highest BCUT2D eigenvalue weighted by Crippen LogP contribution is 2.36. The van der Waals surface area contributed by atoms with Gasteiger partial charge in [0, 0.05) is 11.8 Å². The topological polar surface area (TPSA) is 97.6 Å². The summed E-state index contributed by atoms with van der Waals surface area (Å²) >= 11 is 1.23. The molecule has 256 valence electrons. The third-order valence-electron chi connectivity index (χ3n) is 8.30. The molecule has 1 atom stereocenters. The SMILES string of the molecule is C=CCc1cc(/C=c2\sc3n(c2=O)[C@H](c2ccc(OCC)c(OCC)c2)C(C(=O)OC)=CN=3)cc(OC)c1OCc1cccc2ccccc12. The molecule has 1 aromatic heterocycles. The molecule has 0 fully saturated rings. The molecule has 1 aliphatic heterocycles. The van der Waals surface area contributed by atoms with Gasteiger partial charge in [0.05, 0.1) is 43.6 Å². The number of carbonyl (C=O) groups excluding carboxylic acids is 1. The Balaban J connectivity index is 1.42. The normalized spacial score (nSPS) is 14.0. The number of nitrogens with zero attached hydrogens (tertiary/aromatic N) is 2. The van der Waals surface area contributed by atoms with Gasteiger partial charge in [-0.05, 0) is 78.1 Å². The van der Waals surface area contributed by atoms with E-state index in [1.54, 1.807) is 31.4 Å². The quantitative estimate of drug-likeness (QED) is 0.106. The lowest BCUT2D eigenvalue weighted by atomic mass is 9.97. The number of hydrogen-bond donors (Lipinski definition) is 0. The summed E-state index contributed by atoms with van der Waals surface area (Å²) in [7, 11) is 2.90. The number of ether oxygens (including phenoxy) is 5. The number of carbonyl (C=O) groups is 1. The molecule has 50 heavy (non-hydrogen) atoms. The molecular formula is C40H38N2O7S. The van der Waals surface area contributed by atoms with E-state index in [4.69, 9.17) is 23.7 Å². The number of benzene rings is 4. The van der Waals surface area contributed by atoms with Crippen LogP contribution in [0.1, 0.15) is 42.1 Å². The van der Waals surface area contributed by atoms with Gasteiger partial charge in [0.1, 0.15) is 6.61 Å². The van der Waals surface area contributed by atoms with Crippen molar-refractivity contribution in [3.8, 4) is 23.0 Å². The number of aromatic nitrogens is 1. The minimum Gasteiger partial charge on any atom is -0.493 e. The molecule has 0 N–H and O–H groups in total. The number of fused-ring (bicyclic) bond motifs is 2. The van der Waals surface area contributed by atoms with E-state index < -0.39 is 12.0 Å². The van der Waals surface area contributed by atoms with Crippen LogP contribution in [-0.2, 0) is 22.6 Å². The van der Waals surface area contributed by atoms with Crippen molar-refractivity contribution < 1.29 is 28.5 Å². The largest absolute Gasteiger partial charge is 0.493 e. The van der Waals surface area contributed by atoms with E-state index in [1.807, 2.05) is 50.2 Å². The third-order valence-corrected chi connectivity index (χ3v) is 9.29. The molecule has 1 aliphatic rings. The van der Waals surface area contributed by atoms with Crippen LogP contribution in [0.15, 0.2) is 107 Å². The monoisotopic (exact) mass is 690 g/mol. The van der Waals surface area contributed by atoms with Crippen LogP contribution in [0.5, 0.6) is 23.0 Å². The smallest absolute Gasteiger partial charge is 0.337 e. The summed E-state index contributed by atoms with van der Waals surface area (Å²) in [6.45, 7) is 8.94. The van der Waals surface area contributed by atoms with E-state index in [0.29, 0.717) is 64.1 Å². The summed E-state index contributed by atoms with van der Waals surface area (Å²) in [5.41, 5.74) is 3.23. The van der Waals surface area contributed by atoms with Crippen molar-refractivity contribution in [2.45, 2.75) is 32.9 Å². The number of allylic oxidation sites excluding steroid dienone is 1. The summed E-state index contributed by atoms with van der Waals surface area (Å²) < 4.78 is 30.9. The van der Waals surface area contributed by atoms with Crippen LogP contribution in [0.25, 0.3) is 16.8 Å². The van der Waals surface area contributed by atoms with Crippen molar-refractivity contribution in [3.05, 3.63) is 139 Å². The number of rotatable bonds is 13. The third kappa shape index (κ3) is 6.79. The fourth-order valence-electron chi connectivity index (χ4n) is 6.10. The molecule has 9 nitrogen and oxygen atoms in total. The molecule has 0 radical (unpaired) electrons. The fraction of sp³-hybridized carbons (Fsp3) is 0.225.